The molecule has 3 aromatic rings. The highest BCUT2D eigenvalue weighted by molar-refractivity contribution is 7.99. The number of aliphatic hydroxyl groups excluding tert-OH is 1. The number of benzene rings is 2. The number of rotatable bonds is 8. The van der Waals surface area contributed by atoms with Gasteiger partial charge in [0, 0.05) is 18.7 Å². The van der Waals surface area contributed by atoms with Crippen LogP contribution >= 0.6 is 11.8 Å². The van der Waals surface area contributed by atoms with Crippen LogP contribution in [0.15, 0.2) is 52.4 Å². The Morgan fingerprint density at radius 2 is 2.07 bits per heavy atom. The van der Waals surface area contributed by atoms with Gasteiger partial charge < -0.3 is 9.84 Å². The molecule has 2 aromatic carbocycles. The Bertz CT molecular complexity index is 1070. The lowest BCUT2D eigenvalue weighted by molar-refractivity contribution is 0.102. The molecule has 1 heterocycles. The van der Waals surface area contributed by atoms with Crippen LogP contribution in [0.2, 0.25) is 0 Å². The molecule has 3 rings (SSSR count). The number of hydrogen-bond acceptors (Lipinski definition) is 6. The smallest absolute Gasteiger partial charge is 0.262 e. The fourth-order valence-corrected chi connectivity index (χ4v) is 3.66. The van der Waals surface area contributed by atoms with Gasteiger partial charge in [0.25, 0.3) is 5.56 Å². The monoisotopic (exact) mass is 402 g/mol. The van der Waals surface area contributed by atoms with Crippen molar-refractivity contribution in [2.24, 2.45) is 0 Å². The van der Waals surface area contributed by atoms with Crippen LogP contribution in [-0.2, 0) is 6.54 Å². The zero-order valence-electron chi connectivity index (χ0n) is 15.2. The molecule has 0 bridgehead atoms. The minimum atomic E-state index is -0.609. The van der Waals surface area contributed by atoms with Gasteiger partial charge in [-0.15, -0.1) is 0 Å². The van der Waals surface area contributed by atoms with Crippen LogP contribution in [0.1, 0.15) is 16.8 Å². The summed E-state index contributed by atoms with van der Waals surface area (Å²) in [5, 5.41) is 9.98. The van der Waals surface area contributed by atoms with Gasteiger partial charge in [0.1, 0.15) is 0 Å². The summed E-state index contributed by atoms with van der Waals surface area (Å²) in [7, 11) is 1.35. The average Bonchev–Trinajstić information content (AvgIpc) is 2.71. The zero-order valence-corrected chi connectivity index (χ0v) is 16.0. The second-order valence-corrected chi connectivity index (χ2v) is 6.95. The van der Waals surface area contributed by atoms with Crippen LogP contribution in [-0.4, -0.2) is 39.9 Å². The molecule has 0 saturated carbocycles. The van der Waals surface area contributed by atoms with Gasteiger partial charge in [-0.3, -0.25) is 14.2 Å². The molecule has 146 valence electrons. The Morgan fingerprint density at radius 3 is 2.79 bits per heavy atom. The summed E-state index contributed by atoms with van der Waals surface area (Å²) >= 11 is 1.11. The normalized spacial score (nSPS) is 11.0. The number of para-hydroxylation sites is 1. The Balaban J connectivity index is 1.87. The molecule has 0 fully saturated rings. The standard InChI is InChI=1S/C20H19FN2O4S/c1-27-18-8-7-13(11-15(18)21)17(25)12-28-20-22-16-6-3-2-5-14(16)19(26)23(20)9-4-10-24/h2-3,5-8,11,24H,4,9-10,12H2,1H3. The molecule has 1 N–H and O–H groups in total. The molecule has 8 heteroatoms. The summed E-state index contributed by atoms with van der Waals surface area (Å²) in [4.78, 5) is 29.7. The summed E-state index contributed by atoms with van der Waals surface area (Å²) in [6, 6.07) is 11.0. The molecule has 0 aliphatic rings. The van der Waals surface area contributed by atoms with Crippen LogP contribution in [0.5, 0.6) is 5.75 Å². The molecule has 0 aliphatic carbocycles. The molecule has 1 aromatic heterocycles. The maximum atomic E-state index is 13.8. The number of ketones is 1. The second kappa shape index (κ2) is 8.99. The molecular weight excluding hydrogens is 383 g/mol. The number of thioether (sulfide) groups is 1. The van der Waals surface area contributed by atoms with Gasteiger partial charge in [-0.05, 0) is 36.8 Å². The molecule has 6 nitrogen and oxygen atoms in total. The van der Waals surface area contributed by atoms with Crippen LogP contribution < -0.4 is 10.3 Å². The van der Waals surface area contributed by atoms with Gasteiger partial charge in [0.15, 0.2) is 22.5 Å². The quantitative estimate of drug-likeness (QED) is 0.355. The van der Waals surface area contributed by atoms with E-state index in [0.717, 1.165) is 17.8 Å². The molecule has 0 saturated heterocycles. The van der Waals surface area contributed by atoms with E-state index in [1.54, 1.807) is 24.3 Å². The molecule has 0 atom stereocenters. The van der Waals surface area contributed by atoms with Crippen LogP contribution in [0.25, 0.3) is 10.9 Å². The third kappa shape index (κ3) is 4.23. The first-order chi connectivity index (χ1) is 13.5. The first-order valence-corrected chi connectivity index (χ1v) is 9.63. The maximum absolute atomic E-state index is 13.8. The number of Topliss-reactive ketones (excluding diaryl/α,β-unsaturated/α-hetero) is 1. The van der Waals surface area contributed by atoms with Crippen LogP contribution in [0.3, 0.4) is 0 Å². The van der Waals surface area contributed by atoms with Gasteiger partial charge in [-0.2, -0.15) is 0 Å². The summed E-state index contributed by atoms with van der Waals surface area (Å²) < 4.78 is 20.2. The lowest BCUT2D eigenvalue weighted by atomic mass is 10.1. The number of aromatic nitrogens is 2. The molecule has 0 radical (unpaired) electrons. The van der Waals surface area contributed by atoms with E-state index < -0.39 is 5.82 Å². The number of hydrogen-bond donors (Lipinski definition) is 1. The summed E-state index contributed by atoms with van der Waals surface area (Å²) in [5.74, 6) is -0.835. The summed E-state index contributed by atoms with van der Waals surface area (Å²) in [6.07, 6.45) is 0.394. The number of aliphatic hydroxyl groups is 1. The Kier molecular flexibility index (Phi) is 6.43. The van der Waals surface area contributed by atoms with Gasteiger partial charge in [-0.25, -0.2) is 9.37 Å². The lowest BCUT2D eigenvalue weighted by Gasteiger charge is -2.12. The first-order valence-electron chi connectivity index (χ1n) is 8.65. The van der Waals surface area contributed by atoms with E-state index in [1.165, 1.54) is 23.8 Å². The third-order valence-electron chi connectivity index (χ3n) is 4.17. The van der Waals surface area contributed by atoms with E-state index in [0.29, 0.717) is 29.0 Å². The van der Waals surface area contributed by atoms with E-state index >= 15 is 0 Å². The van der Waals surface area contributed by atoms with Crippen LogP contribution in [0.4, 0.5) is 4.39 Å². The van der Waals surface area contributed by atoms with Gasteiger partial charge in [-0.1, -0.05) is 23.9 Å². The second-order valence-electron chi connectivity index (χ2n) is 6.01. The minimum Gasteiger partial charge on any atom is -0.494 e. The van der Waals surface area contributed by atoms with Crippen molar-refractivity contribution in [3.63, 3.8) is 0 Å². The molecule has 0 spiro atoms. The number of methoxy groups -OCH3 is 1. The molecule has 0 aliphatic heterocycles. The minimum absolute atomic E-state index is 0.00429. The van der Waals surface area contributed by atoms with E-state index in [-0.39, 0.29) is 35.0 Å². The van der Waals surface area contributed by atoms with E-state index in [2.05, 4.69) is 4.98 Å². The van der Waals surface area contributed by atoms with Crippen molar-refractivity contribution in [2.75, 3.05) is 19.5 Å². The van der Waals surface area contributed by atoms with E-state index in [1.807, 2.05) is 0 Å². The van der Waals surface area contributed by atoms with Crippen LogP contribution in [0, 0.1) is 5.82 Å². The largest absolute Gasteiger partial charge is 0.494 e. The van der Waals surface area contributed by atoms with Crippen molar-refractivity contribution < 1.29 is 19.0 Å². The Morgan fingerprint density at radius 1 is 1.29 bits per heavy atom. The highest BCUT2D eigenvalue weighted by atomic mass is 32.2. The topological polar surface area (TPSA) is 81.4 Å². The molecular formula is C20H19FN2O4S. The van der Waals surface area contributed by atoms with Crippen molar-refractivity contribution >= 4 is 28.4 Å². The number of carbonyl (C=O) groups excluding carboxylic acids is 1. The predicted octanol–water partition coefficient (Wildman–Crippen LogP) is 2.90. The van der Waals surface area contributed by atoms with E-state index in [9.17, 15) is 14.0 Å². The predicted molar refractivity (Wildman–Crippen MR) is 106 cm³/mol. The first kappa shape index (κ1) is 20.0. The van der Waals surface area contributed by atoms with Gasteiger partial charge >= 0.3 is 0 Å². The Hall–Kier alpha value is -2.71. The van der Waals surface area contributed by atoms with Crippen molar-refractivity contribution in [2.45, 2.75) is 18.1 Å². The molecule has 0 unspecified atom stereocenters. The molecule has 28 heavy (non-hydrogen) atoms. The average molecular weight is 402 g/mol. The fraction of sp³-hybridized carbons (Fsp3) is 0.250. The Labute approximate surface area is 165 Å². The van der Waals surface area contributed by atoms with Crippen molar-refractivity contribution in [3.05, 3.63) is 64.2 Å². The SMILES string of the molecule is COc1ccc(C(=O)CSc2nc3ccccc3c(=O)n2CCCO)cc1F. The number of nitrogens with zero attached hydrogens (tertiary/aromatic N) is 2. The van der Waals surface area contributed by atoms with Gasteiger partial charge in [0.05, 0.1) is 23.8 Å². The van der Waals surface area contributed by atoms with Crippen molar-refractivity contribution in [3.8, 4) is 5.75 Å². The summed E-state index contributed by atoms with van der Waals surface area (Å²) in [6.45, 7) is 0.230. The zero-order chi connectivity index (χ0) is 20.1. The fourth-order valence-electron chi connectivity index (χ4n) is 2.74. The number of carbonyl (C=O) groups is 1. The highest BCUT2D eigenvalue weighted by Crippen LogP contribution is 2.22. The number of ether oxygens (including phenoxy) is 1. The van der Waals surface area contributed by atoms with Gasteiger partial charge in [0.2, 0.25) is 0 Å². The lowest BCUT2D eigenvalue weighted by Crippen LogP contribution is -2.24. The molecule has 0 amide bonds. The highest BCUT2D eigenvalue weighted by Gasteiger charge is 2.15. The third-order valence-corrected chi connectivity index (χ3v) is 5.15. The van der Waals surface area contributed by atoms with Crippen molar-refractivity contribution in [1.82, 2.24) is 9.55 Å². The number of fused-ring (bicyclic) bond motifs is 1. The van der Waals surface area contributed by atoms with Crippen molar-refractivity contribution in [1.29, 1.82) is 0 Å². The maximum Gasteiger partial charge on any atom is 0.262 e. The summed E-state index contributed by atoms with van der Waals surface area (Å²) in [5.41, 5.74) is 0.540. The number of halogens is 1. The van der Waals surface area contributed by atoms with E-state index in [4.69, 9.17) is 9.84 Å².